The zero-order valence-electron chi connectivity index (χ0n) is 16.1. The Bertz CT molecular complexity index is 1230. The van der Waals surface area contributed by atoms with Crippen molar-refractivity contribution in [3.8, 4) is 22.5 Å². The Hall–Kier alpha value is -4.46. The minimum absolute atomic E-state index is 0.00736. The normalized spacial score (nSPS) is 10.9. The van der Waals surface area contributed by atoms with Gasteiger partial charge in [0.1, 0.15) is 5.82 Å². The van der Waals surface area contributed by atoms with Crippen molar-refractivity contribution in [3.05, 3.63) is 106 Å². The SMILES string of the molecule is O=[N+]([O-])c1ccc(/C=N/Nc2nc(-c3ccccc3)cc(-c3ccc(F)cc3)n2)cc1. The van der Waals surface area contributed by atoms with E-state index in [9.17, 15) is 14.5 Å². The first-order valence-corrected chi connectivity index (χ1v) is 9.32. The summed E-state index contributed by atoms with van der Waals surface area (Å²) in [6.45, 7) is 0. The average Bonchev–Trinajstić information content (AvgIpc) is 2.80. The van der Waals surface area contributed by atoms with Crippen molar-refractivity contribution in [3.63, 3.8) is 0 Å². The van der Waals surface area contributed by atoms with Gasteiger partial charge in [-0.2, -0.15) is 5.10 Å². The fraction of sp³-hybridized carbons (Fsp3) is 0. The van der Waals surface area contributed by atoms with Crippen LogP contribution in [0.1, 0.15) is 5.56 Å². The molecule has 3 aromatic carbocycles. The molecule has 4 rings (SSSR count). The summed E-state index contributed by atoms with van der Waals surface area (Å²) in [5.74, 6) is -0.0639. The first-order chi connectivity index (χ1) is 15.1. The monoisotopic (exact) mass is 413 g/mol. The molecule has 8 heteroatoms. The highest BCUT2D eigenvalue weighted by Crippen LogP contribution is 2.25. The summed E-state index contributed by atoms with van der Waals surface area (Å²) in [6, 6.07) is 23.5. The third kappa shape index (κ3) is 4.94. The van der Waals surface area contributed by atoms with E-state index >= 15 is 0 Å². The number of nitro groups is 1. The van der Waals surface area contributed by atoms with Gasteiger partial charge in [-0.25, -0.2) is 19.8 Å². The molecule has 31 heavy (non-hydrogen) atoms. The van der Waals surface area contributed by atoms with Crippen LogP contribution in [-0.4, -0.2) is 21.1 Å². The number of hydrazone groups is 1. The fourth-order valence-electron chi connectivity index (χ4n) is 2.87. The van der Waals surface area contributed by atoms with Crippen LogP contribution in [0.15, 0.2) is 90.0 Å². The molecule has 0 spiro atoms. The zero-order valence-corrected chi connectivity index (χ0v) is 16.1. The van der Waals surface area contributed by atoms with Gasteiger partial charge in [-0.05, 0) is 48.0 Å². The molecule has 0 aliphatic carbocycles. The lowest BCUT2D eigenvalue weighted by atomic mass is 10.1. The second-order valence-corrected chi connectivity index (χ2v) is 6.55. The van der Waals surface area contributed by atoms with E-state index in [2.05, 4.69) is 20.5 Å². The van der Waals surface area contributed by atoms with E-state index in [4.69, 9.17) is 0 Å². The molecule has 0 atom stereocenters. The fourth-order valence-corrected chi connectivity index (χ4v) is 2.87. The number of nitro benzene ring substituents is 1. The van der Waals surface area contributed by atoms with Crippen LogP contribution in [0.5, 0.6) is 0 Å². The van der Waals surface area contributed by atoms with E-state index in [0.717, 1.165) is 11.1 Å². The standard InChI is InChI=1S/C23H16FN5O2/c24-19-10-8-18(9-11-19)22-14-21(17-4-2-1-3-5-17)26-23(27-22)28-25-15-16-6-12-20(13-7-16)29(30)31/h1-15H,(H,26,27,28)/b25-15+. The first-order valence-electron chi connectivity index (χ1n) is 9.32. The van der Waals surface area contributed by atoms with Crippen LogP contribution in [0.4, 0.5) is 16.0 Å². The lowest BCUT2D eigenvalue weighted by molar-refractivity contribution is -0.384. The van der Waals surface area contributed by atoms with Crippen LogP contribution in [0.2, 0.25) is 0 Å². The quantitative estimate of drug-likeness (QED) is 0.263. The van der Waals surface area contributed by atoms with Gasteiger partial charge in [-0.3, -0.25) is 10.1 Å². The number of aromatic nitrogens is 2. The number of nitrogens with one attached hydrogen (secondary N) is 1. The third-order valence-corrected chi connectivity index (χ3v) is 4.42. The van der Waals surface area contributed by atoms with Gasteiger partial charge < -0.3 is 0 Å². The van der Waals surface area contributed by atoms with Crippen LogP contribution in [0.3, 0.4) is 0 Å². The summed E-state index contributed by atoms with van der Waals surface area (Å²) in [4.78, 5) is 19.3. The molecular weight excluding hydrogens is 397 g/mol. The lowest BCUT2D eigenvalue weighted by Gasteiger charge is -2.08. The summed E-state index contributed by atoms with van der Waals surface area (Å²) >= 11 is 0. The Morgan fingerprint density at radius 2 is 1.48 bits per heavy atom. The topological polar surface area (TPSA) is 93.3 Å². The van der Waals surface area contributed by atoms with Gasteiger partial charge >= 0.3 is 0 Å². The van der Waals surface area contributed by atoms with Crippen molar-refractivity contribution in [1.29, 1.82) is 0 Å². The van der Waals surface area contributed by atoms with E-state index in [1.54, 1.807) is 24.3 Å². The molecule has 0 fully saturated rings. The highest BCUT2D eigenvalue weighted by Gasteiger charge is 2.09. The molecule has 0 saturated heterocycles. The summed E-state index contributed by atoms with van der Waals surface area (Å²) in [7, 11) is 0. The maximum atomic E-state index is 13.3. The lowest BCUT2D eigenvalue weighted by Crippen LogP contribution is -2.00. The Kier molecular flexibility index (Phi) is 5.70. The average molecular weight is 413 g/mol. The van der Waals surface area contributed by atoms with Gasteiger partial charge in [0.15, 0.2) is 0 Å². The summed E-state index contributed by atoms with van der Waals surface area (Å²) in [5.41, 5.74) is 6.42. The predicted molar refractivity (Wildman–Crippen MR) is 117 cm³/mol. The predicted octanol–water partition coefficient (Wildman–Crippen LogP) is 5.30. The zero-order chi connectivity index (χ0) is 21.6. The van der Waals surface area contributed by atoms with Gasteiger partial charge in [0.25, 0.3) is 5.69 Å². The number of nitrogens with zero attached hydrogens (tertiary/aromatic N) is 4. The van der Waals surface area contributed by atoms with Crippen molar-refractivity contribution in [2.24, 2.45) is 5.10 Å². The van der Waals surface area contributed by atoms with Gasteiger partial charge in [-0.15, -0.1) is 0 Å². The number of hydrogen-bond acceptors (Lipinski definition) is 6. The highest BCUT2D eigenvalue weighted by molar-refractivity contribution is 5.80. The molecule has 0 radical (unpaired) electrons. The summed E-state index contributed by atoms with van der Waals surface area (Å²) in [5, 5.41) is 14.9. The molecule has 4 aromatic rings. The van der Waals surface area contributed by atoms with Crippen molar-refractivity contribution >= 4 is 17.9 Å². The molecule has 1 heterocycles. The van der Waals surface area contributed by atoms with Crippen LogP contribution >= 0.6 is 0 Å². The minimum atomic E-state index is -0.459. The van der Waals surface area contributed by atoms with E-state index in [-0.39, 0.29) is 17.5 Å². The van der Waals surface area contributed by atoms with Crippen LogP contribution in [-0.2, 0) is 0 Å². The molecule has 0 bridgehead atoms. The number of anilines is 1. The number of hydrogen-bond donors (Lipinski definition) is 1. The molecule has 0 saturated carbocycles. The third-order valence-electron chi connectivity index (χ3n) is 4.42. The molecule has 152 valence electrons. The summed E-state index contributed by atoms with van der Waals surface area (Å²) in [6.07, 6.45) is 1.51. The Morgan fingerprint density at radius 1 is 0.871 bits per heavy atom. The molecule has 7 nitrogen and oxygen atoms in total. The largest absolute Gasteiger partial charge is 0.269 e. The molecule has 0 amide bonds. The molecule has 0 unspecified atom stereocenters. The van der Waals surface area contributed by atoms with E-state index in [1.165, 1.54) is 30.5 Å². The molecule has 1 aromatic heterocycles. The molecule has 0 aliphatic heterocycles. The van der Waals surface area contributed by atoms with Crippen LogP contribution in [0.25, 0.3) is 22.5 Å². The number of rotatable bonds is 6. The maximum absolute atomic E-state index is 13.3. The maximum Gasteiger partial charge on any atom is 0.269 e. The Labute approximate surface area is 177 Å². The number of halogens is 1. The van der Waals surface area contributed by atoms with E-state index < -0.39 is 4.92 Å². The van der Waals surface area contributed by atoms with Crippen LogP contribution in [0, 0.1) is 15.9 Å². The highest BCUT2D eigenvalue weighted by atomic mass is 19.1. The van der Waals surface area contributed by atoms with E-state index in [1.807, 2.05) is 36.4 Å². The van der Waals surface area contributed by atoms with Crippen LogP contribution < -0.4 is 5.43 Å². The number of non-ortho nitro benzene ring substituents is 1. The van der Waals surface area contributed by atoms with Crippen molar-refractivity contribution in [2.75, 3.05) is 5.43 Å². The van der Waals surface area contributed by atoms with Gasteiger partial charge in [-0.1, -0.05) is 30.3 Å². The van der Waals surface area contributed by atoms with E-state index in [0.29, 0.717) is 17.0 Å². The summed E-state index contributed by atoms with van der Waals surface area (Å²) < 4.78 is 13.3. The Balaban J connectivity index is 1.63. The first kappa shape index (κ1) is 19.8. The number of benzene rings is 3. The molecule has 1 N–H and O–H groups in total. The Morgan fingerprint density at radius 3 is 2.10 bits per heavy atom. The van der Waals surface area contributed by atoms with Gasteiger partial charge in [0.05, 0.1) is 22.5 Å². The second kappa shape index (κ2) is 8.91. The molecule has 0 aliphatic rings. The minimum Gasteiger partial charge on any atom is -0.258 e. The smallest absolute Gasteiger partial charge is 0.258 e. The van der Waals surface area contributed by atoms with Crippen molar-refractivity contribution in [1.82, 2.24) is 9.97 Å². The molecular formula is C23H16FN5O2. The second-order valence-electron chi connectivity index (χ2n) is 6.55. The van der Waals surface area contributed by atoms with Gasteiger partial charge in [0, 0.05) is 23.3 Å². The van der Waals surface area contributed by atoms with Crippen molar-refractivity contribution in [2.45, 2.75) is 0 Å². The van der Waals surface area contributed by atoms with Crippen molar-refractivity contribution < 1.29 is 9.31 Å². The van der Waals surface area contributed by atoms with Gasteiger partial charge in [0.2, 0.25) is 5.95 Å².